The Balaban J connectivity index is 1.64. The first kappa shape index (κ1) is 17.6. The highest BCUT2D eigenvalue weighted by molar-refractivity contribution is 6.36. The highest BCUT2D eigenvalue weighted by Crippen LogP contribution is 2.52. The average Bonchev–Trinajstić information content (AvgIpc) is 3.22. The fourth-order valence-electron chi connectivity index (χ4n) is 3.67. The number of amides is 1. The van der Waals surface area contributed by atoms with Crippen LogP contribution in [0.15, 0.2) is 42.5 Å². The van der Waals surface area contributed by atoms with Gasteiger partial charge in [-0.05, 0) is 68.6 Å². The van der Waals surface area contributed by atoms with Gasteiger partial charge >= 0.3 is 0 Å². The topological polar surface area (TPSA) is 29.1 Å². The minimum absolute atomic E-state index is 0.0945. The molecule has 0 bridgehead atoms. The van der Waals surface area contributed by atoms with Crippen molar-refractivity contribution in [2.75, 3.05) is 5.32 Å². The summed E-state index contributed by atoms with van der Waals surface area (Å²) in [5.74, 6) is 1.19. The van der Waals surface area contributed by atoms with Crippen molar-refractivity contribution in [3.63, 3.8) is 0 Å². The molecular weight excluding hydrogens is 341 g/mol. The van der Waals surface area contributed by atoms with E-state index in [1.165, 1.54) is 0 Å². The Morgan fingerprint density at radius 3 is 2.08 bits per heavy atom. The zero-order chi connectivity index (χ0) is 16.9. The van der Waals surface area contributed by atoms with Crippen LogP contribution in [0.5, 0.6) is 0 Å². The molecule has 3 rings (SSSR count). The molecule has 0 aromatic heterocycles. The molecule has 24 heavy (non-hydrogen) atoms. The maximum Gasteiger partial charge on any atom is 0.228 e. The van der Waals surface area contributed by atoms with Crippen LogP contribution in [0, 0.1) is 17.8 Å². The summed E-state index contributed by atoms with van der Waals surface area (Å²) in [4.78, 5) is 12.7. The highest BCUT2D eigenvalue weighted by Gasteiger charge is 2.52. The first-order valence-corrected chi connectivity index (χ1v) is 9.48. The normalized spacial score (nSPS) is 26.8. The van der Waals surface area contributed by atoms with Crippen LogP contribution in [-0.2, 0) is 4.79 Å². The number of hydrogen-bond acceptors (Lipinski definition) is 1. The first-order valence-electron chi connectivity index (χ1n) is 8.72. The maximum absolute atomic E-state index is 12.7. The number of carbonyl (C=O) groups excluding carboxylic acids is 1. The number of allylic oxidation sites excluding steroid dienone is 4. The molecule has 2 aliphatic carbocycles. The molecule has 4 heteroatoms. The molecule has 0 unspecified atom stereocenters. The lowest BCUT2D eigenvalue weighted by atomic mass is 10.1. The minimum Gasteiger partial charge on any atom is -0.325 e. The quantitative estimate of drug-likeness (QED) is 0.617. The molecule has 128 valence electrons. The summed E-state index contributed by atoms with van der Waals surface area (Å²) in [5, 5.41) is 4.05. The van der Waals surface area contributed by atoms with Crippen LogP contribution in [0.25, 0.3) is 0 Å². The van der Waals surface area contributed by atoms with Crippen molar-refractivity contribution in [1.29, 1.82) is 0 Å². The molecule has 0 radical (unpaired) electrons. The van der Waals surface area contributed by atoms with Crippen molar-refractivity contribution in [3.05, 3.63) is 52.5 Å². The molecule has 2 atom stereocenters. The van der Waals surface area contributed by atoms with Crippen molar-refractivity contribution in [2.24, 2.45) is 17.8 Å². The molecule has 1 fully saturated rings. The van der Waals surface area contributed by atoms with Crippen LogP contribution in [0.3, 0.4) is 0 Å². The van der Waals surface area contributed by atoms with E-state index < -0.39 is 0 Å². The van der Waals surface area contributed by atoms with E-state index in [9.17, 15) is 4.79 Å². The van der Waals surface area contributed by atoms with E-state index in [2.05, 4.69) is 29.6 Å². The highest BCUT2D eigenvalue weighted by atomic mass is 35.5. The lowest BCUT2D eigenvalue weighted by molar-refractivity contribution is -0.117. The second kappa shape index (κ2) is 8.22. The van der Waals surface area contributed by atoms with Gasteiger partial charge in [0.2, 0.25) is 5.91 Å². The predicted octanol–water partition coefficient (Wildman–Crippen LogP) is 6.26. The van der Waals surface area contributed by atoms with Gasteiger partial charge in [-0.3, -0.25) is 4.79 Å². The standard InChI is InChI=1S/C20H23Cl2NO/c21-14-11-12-18(17(22)13-14)23-20(24)19-15-9-7-5-3-1-2-4-6-8-10-16(15)19/h3-6,11-13,15-16,19H,1-2,7-10H2,(H,23,24)/t15-,16-,19?/m1/s1. The third-order valence-electron chi connectivity index (χ3n) is 4.99. The Kier molecular flexibility index (Phi) is 6.02. The monoisotopic (exact) mass is 363 g/mol. The van der Waals surface area contributed by atoms with Gasteiger partial charge in [0.1, 0.15) is 0 Å². The van der Waals surface area contributed by atoms with E-state index in [0.29, 0.717) is 27.6 Å². The van der Waals surface area contributed by atoms with Crippen molar-refractivity contribution >= 4 is 34.8 Å². The number of halogens is 2. The van der Waals surface area contributed by atoms with Gasteiger partial charge in [-0.1, -0.05) is 47.5 Å². The fraction of sp³-hybridized carbons (Fsp3) is 0.450. The summed E-state index contributed by atoms with van der Waals surface area (Å²) < 4.78 is 0. The number of nitrogens with one attached hydrogen (secondary N) is 1. The van der Waals surface area contributed by atoms with Gasteiger partial charge < -0.3 is 5.32 Å². The molecule has 1 N–H and O–H groups in total. The van der Waals surface area contributed by atoms with Gasteiger partial charge in [0.05, 0.1) is 10.7 Å². The zero-order valence-electron chi connectivity index (χ0n) is 13.7. The van der Waals surface area contributed by atoms with E-state index in [-0.39, 0.29) is 11.8 Å². The summed E-state index contributed by atoms with van der Waals surface area (Å²) in [6.07, 6.45) is 15.6. The van der Waals surface area contributed by atoms with Crippen molar-refractivity contribution in [2.45, 2.75) is 38.5 Å². The summed E-state index contributed by atoms with van der Waals surface area (Å²) in [5.41, 5.74) is 0.646. The number of fused-ring (bicyclic) bond motifs is 1. The molecule has 1 aromatic carbocycles. The second-order valence-electron chi connectivity index (χ2n) is 6.64. The van der Waals surface area contributed by atoms with Gasteiger partial charge in [-0.15, -0.1) is 0 Å². The third kappa shape index (κ3) is 4.43. The molecule has 0 heterocycles. The Morgan fingerprint density at radius 2 is 1.50 bits per heavy atom. The lowest BCUT2D eigenvalue weighted by Gasteiger charge is -2.07. The summed E-state index contributed by atoms with van der Waals surface area (Å²) >= 11 is 12.1. The number of benzene rings is 1. The van der Waals surface area contributed by atoms with Crippen molar-refractivity contribution < 1.29 is 4.79 Å². The molecule has 0 aliphatic heterocycles. The van der Waals surface area contributed by atoms with Crippen LogP contribution in [-0.4, -0.2) is 5.91 Å². The van der Waals surface area contributed by atoms with E-state index in [4.69, 9.17) is 23.2 Å². The Bertz CT molecular complexity index is 629. The summed E-state index contributed by atoms with van der Waals surface area (Å²) in [6.45, 7) is 0. The largest absolute Gasteiger partial charge is 0.325 e. The first-order chi connectivity index (χ1) is 11.7. The van der Waals surface area contributed by atoms with Crippen LogP contribution in [0.2, 0.25) is 10.0 Å². The molecular formula is C20H23Cl2NO. The average molecular weight is 364 g/mol. The Morgan fingerprint density at radius 1 is 0.917 bits per heavy atom. The van der Waals surface area contributed by atoms with E-state index in [1.54, 1.807) is 18.2 Å². The van der Waals surface area contributed by atoms with Crippen LogP contribution in [0.1, 0.15) is 38.5 Å². The number of rotatable bonds is 2. The molecule has 0 spiro atoms. The van der Waals surface area contributed by atoms with E-state index in [0.717, 1.165) is 38.5 Å². The number of anilines is 1. The predicted molar refractivity (Wildman–Crippen MR) is 102 cm³/mol. The van der Waals surface area contributed by atoms with Gasteiger partial charge in [0, 0.05) is 10.9 Å². The minimum atomic E-state index is 0.0945. The Labute approximate surface area is 153 Å². The van der Waals surface area contributed by atoms with Crippen LogP contribution in [0.4, 0.5) is 5.69 Å². The fourth-order valence-corrected chi connectivity index (χ4v) is 4.12. The SMILES string of the molecule is O=C(Nc1ccc(Cl)cc1Cl)C1[C@@H]2CCC=CCCC=CCC[C@@H]12. The van der Waals surface area contributed by atoms with Crippen LogP contribution >= 0.6 is 23.2 Å². The summed E-state index contributed by atoms with van der Waals surface area (Å²) in [6, 6.07) is 5.17. The van der Waals surface area contributed by atoms with Gasteiger partial charge in [0.25, 0.3) is 0 Å². The maximum atomic E-state index is 12.7. The second-order valence-corrected chi connectivity index (χ2v) is 7.49. The zero-order valence-corrected chi connectivity index (χ0v) is 15.2. The van der Waals surface area contributed by atoms with Gasteiger partial charge in [0.15, 0.2) is 0 Å². The molecule has 1 saturated carbocycles. The smallest absolute Gasteiger partial charge is 0.228 e. The molecule has 0 saturated heterocycles. The van der Waals surface area contributed by atoms with Crippen LogP contribution < -0.4 is 5.32 Å². The molecule has 2 aliphatic rings. The molecule has 1 aromatic rings. The Hall–Kier alpha value is -1.25. The number of hydrogen-bond donors (Lipinski definition) is 1. The number of carbonyl (C=O) groups is 1. The van der Waals surface area contributed by atoms with E-state index >= 15 is 0 Å². The van der Waals surface area contributed by atoms with Crippen molar-refractivity contribution in [1.82, 2.24) is 0 Å². The third-order valence-corrected chi connectivity index (χ3v) is 5.54. The van der Waals surface area contributed by atoms with Crippen molar-refractivity contribution in [3.8, 4) is 0 Å². The molecule has 2 nitrogen and oxygen atoms in total. The lowest BCUT2D eigenvalue weighted by Crippen LogP contribution is -2.16. The van der Waals surface area contributed by atoms with E-state index in [1.807, 2.05) is 0 Å². The summed E-state index contributed by atoms with van der Waals surface area (Å²) in [7, 11) is 0. The van der Waals surface area contributed by atoms with Gasteiger partial charge in [-0.25, -0.2) is 0 Å². The van der Waals surface area contributed by atoms with Gasteiger partial charge in [-0.2, -0.15) is 0 Å². The molecule has 1 amide bonds.